The smallest absolute Gasteiger partial charge is 0.0748 e. The Morgan fingerprint density at radius 1 is 1.05 bits per heavy atom. The van der Waals surface area contributed by atoms with Crippen molar-refractivity contribution in [1.82, 2.24) is 15.1 Å². The molecule has 1 aromatic carbocycles. The molecule has 0 aliphatic carbocycles. The van der Waals surface area contributed by atoms with Gasteiger partial charge in [0.25, 0.3) is 0 Å². The van der Waals surface area contributed by atoms with Crippen molar-refractivity contribution in [1.29, 1.82) is 0 Å². The molecule has 0 saturated carbocycles. The van der Waals surface area contributed by atoms with E-state index in [2.05, 4.69) is 67.9 Å². The number of aromatic nitrogens is 2. The molecule has 0 bridgehead atoms. The molecule has 0 radical (unpaired) electrons. The molecule has 1 atom stereocenters. The first-order chi connectivity index (χ1) is 9.47. The molecule has 20 heavy (non-hydrogen) atoms. The van der Waals surface area contributed by atoms with E-state index >= 15 is 0 Å². The maximum absolute atomic E-state index is 4.57. The van der Waals surface area contributed by atoms with E-state index in [0.29, 0.717) is 0 Å². The SMILES string of the molecule is CCn1nc(C)cc1C(NC)c1cc(C)c(C)cc1C. The van der Waals surface area contributed by atoms with Gasteiger partial charge in [0.05, 0.1) is 17.4 Å². The van der Waals surface area contributed by atoms with Crippen LogP contribution in [0.15, 0.2) is 18.2 Å². The van der Waals surface area contributed by atoms with Crippen LogP contribution in [0.3, 0.4) is 0 Å². The van der Waals surface area contributed by atoms with Crippen molar-refractivity contribution in [2.75, 3.05) is 7.05 Å². The molecule has 3 nitrogen and oxygen atoms in total. The van der Waals surface area contributed by atoms with Crippen molar-refractivity contribution in [2.24, 2.45) is 0 Å². The van der Waals surface area contributed by atoms with Crippen LogP contribution in [0.5, 0.6) is 0 Å². The van der Waals surface area contributed by atoms with E-state index in [0.717, 1.165) is 12.2 Å². The molecule has 2 rings (SSSR count). The normalized spacial score (nSPS) is 12.7. The maximum atomic E-state index is 4.57. The van der Waals surface area contributed by atoms with Gasteiger partial charge >= 0.3 is 0 Å². The number of nitrogens with zero attached hydrogens (tertiary/aromatic N) is 2. The highest BCUT2D eigenvalue weighted by Crippen LogP contribution is 2.27. The van der Waals surface area contributed by atoms with Crippen LogP contribution in [-0.4, -0.2) is 16.8 Å². The van der Waals surface area contributed by atoms with E-state index in [1.165, 1.54) is 27.9 Å². The van der Waals surface area contributed by atoms with Gasteiger partial charge in [-0.1, -0.05) is 12.1 Å². The molecule has 3 heteroatoms. The van der Waals surface area contributed by atoms with Crippen molar-refractivity contribution in [2.45, 2.75) is 47.2 Å². The highest BCUT2D eigenvalue weighted by Gasteiger charge is 2.19. The molecule has 1 heterocycles. The third-order valence-electron chi connectivity index (χ3n) is 4.01. The van der Waals surface area contributed by atoms with Crippen molar-refractivity contribution in [3.63, 3.8) is 0 Å². The summed E-state index contributed by atoms with van der Waals surface area (Å²) in [6.07, 6.45) is 0. The molecule has 2 aromatic rings. The molecular formula is C17H25N3. The number of hydrogen-bond acceptors (Lipinski definition) is 2. The molecule has 0 saturated heterocycles. The van der Waals surface area contributed by atoms with Crippen LogP contribution in [0.4, 0.5) is 0 Å². The van der Waals surface area contributed by atoms with Gasteiger partial charge in [-0.05, 0) is 70.0 Å². The van der Waals surface area contributed by atoms with E-state index < -0.39 is 0 Å². The lowest BCUT2D eigenvalue weighted by molar-refractivity contribution is 0.560. The Morgan fingerprint density at radius 2 is 1.70 bits per heavy atom. The standard InChI is InChI=1S/C17H25N3/c1-7-20-16(10-14(5)19-20)17(18-6)15-9-12(3)11(2)8-13(15)4/h8-10,17-18H,7H2,1-6H3. The van der Waals surface area contributed by atoms with Gasteiger partial charge in [0.15, 0.2) is 0 Å². The maximum Gasteiger partial charge on any atom is 0.0748 e. The van der Waals surface area contributed by atoms with E-state index in [4.69, 9.17) is 0 Å². The van der Waals surface area contributed by atoms with E-state index in [1.807, 2.05) is 7.05 Å². The zero-order valence-electron chi connectivity index (χ0n) is 13.4. The molecular weight excluding hydrogens is 246 g/mol. The number of hydrogen-bond donors (Lipinski definition) is 1. The number of rotatable bonds is 4. The van der Waals surface area contributed by atoms with Crippen molar-refractivity contribution >= 4 is 0 Å². The summed E-state index contributed by atoms with van der Waals surface area (Å²) in [6, 6.07) is 6.94. The summed E-state index contributed by atoms with van der Waals surface area (Å²) < 4.78 is 2.09. The zero-order chi connectivity index (χ0) is 14.9. The van der Waals surface area contributed by atoms with Crippen LogP contribution in [0.2, 0.25) is 0 Å². The van der Waals surface area contributed by atoms with E-state index in [1.54, 1.807) is 0 Å². The molecule has 0 aliphatic rings. The molecule has 0 amide bonds. The second-order valence-corrected chi connectivity index (χ2v) is 5.54. The van der Waals surface area contributed by atoms with Gasteiger partial charge < -0.3 is 5.32 Å². The summed E-state index contributed by atoms with van der Waals surface area (Å²) in [5.41, 5.74) is 7.66. The van der Waals surface area contributed by atoms with Crippen LogP contribution in [-0.2, 0) is 6.54 Å². The van der Waals surface area contributed by atoms with Gasteiger partial charge in [0.1, 0.15) is 0 Å². The summed E-state index contributed by atoms with van der Waals surface area (Å²) >= 11 is 0. The van der Waals surface area contributed by atoms with Crippen LogP contribution >= 0.6 is 0 Å². The topological polar surface area (TPSA) is 29.9 Å². The average molecular weight is 271 g/mol. The van der Waals surface area contributed by atoms with Crippen LogP contribution in [0, 0.1) is 27.7 Å². The van der Waals surface area contributed by atoms with Gasteiger partial charge in [0, 0.05) is 6.54 Å². The van der Waals surface area contributed by atoms with Gasteiger partial charge in [-0.3, -0.25) is 4.68 Å². The first-order valence-electron chi connectivity index (χ1n) is 7.27. The highest BCUT2D eigenvalue weighted by atomic mass is 15.3. The summed E-state index contributed by atoms with van der Waals surface area (Å²) in [7, 11) is 2.02. The average Bonchev–Trinajstić information content (AvgIpc) is 2.77. The monoisotopic (exact) mass is 271 g/mol. The van der Waals surface area contributed by atoms with Gasteiger partial charge in [-0.2, -0.15) is 5.10 Å². The molecule has 108 valence electrons. The minimum atomic E-state index is 0.190. The predicted octanol–water partition coefficient (Wildman–Crippen LogP) is 3.45. The third-order valence-corrected chi connectivity index (χ3v) is 4.01. The summed E-state index contributed by atoms with van der Waals surface area (Å²) in [4.78, 5) is 0. The molecule has 1 N–H and O–H groups in total. The fourth-order valence-corrected chi connectivity index (χ4v) is 2.81. The fourth-order valence-electron chi connectivity index (χ4n) is 2.81. The van der Waals surface area contributed by atoms with E-state index in [9.17, 15) is 0 Å². The number of nitrogens with one attached hydrogen (secondary N) is 1. The van der Waals surface area contributed by atoms with Crippen molar-refractivity contribution in [3.8, 4) is 0 Å². The highest BCUT2D eigenvalue weighted by molar-refractivity contribution is 5.41. The third kappa shape index (κ3) is 2.63. The molecule has 1 aromatic heterocycles. The van der Waals surface area contributed by atoms with Crippen molar-refractivity contribution in [3.05, 3.63) is 51.8 Å². The molecule has 1 unspecified atom stereocenters. The predicted molar refractivity (Wildman–Crippen MR) is 84.2 cm³/mol. The minimum Gasteiger partial charge on any atom is -0.308 e. The number of aryl methyl sites for hydroxylation is 5. The van der Waals surface area contributed by atoms with Gasteiger partial charge in [-0.15, -0.1) is 0 Å². The Hall–Kier alpha value is -1.61. The van der Waals surface area contributed by atoms with Crippen LogP contribution in [0.25, 0.3) is 0 Å². The lowest BCUT2D eigenvalue weighted by Crippen LogP contribution is -2.22. The second kappa shape index (κ2) is 5.80. The van der Waals surface area contributed by atoms with Crippen molar-refractivity contribution < 1.29 is 0 Å². The Kier molecular flexibility index (Phi) is 4.29. The lowest BCUT2D eigenvalue weighted by atomic mass is 9.94. The number of benzene rings is 1. The van der Waals surface area contributed by atoms with Gasteiger partial charge in [-0.25, -0.2) is 0 Å². The minimum absolute atomic E-state index is 0.190. The Balaban J connectivity index is 2.55. The second-order valence-electron chi connectivity index (χ2n) is 5.54. The molecule has 0 spiro atoms. The van der Waals surface area contributed by atoms with Crippen LogP contribution < -0.4 is 5.32 Å². The Bertz CT molecular complexity index is 611. The van der Waals surface area contributed by atoms with E-state index in [-0.39, 0.29) is 6.04 Å². The largest absolute Gasteiger partial charge is 0.308 e. The van der Waals surface area contributed by atoms with Crippen LogP contribution in [0.1, 0.15) is 46.6 Å². The summed E-state index contributed by atoms with van der Waals surface area (Å²) in [6.45, 7) is 11.6. The molecule has 0 fully saturated rings. The fraction of sp³-hybridized carbons (Fsp3) is 0.471. The lowest BCUT2D eigenvalue weighted by Gasteiger charge is -2.21. The quantitative estimate of drug-likeness (QED) is 0.923. The Labute approximate surface area is 122 Å². The van der Waals surface area contributed by atoms with Gasteiger partial charge in [0.2, 0.25) is 0 Å². The first-order valence-corrected chi connectivity index (χ1v) is 7.27. The first kappa shape index (κ1) is 14.8. The summed E-state index contributed by atoms with van der Waals surface area (Å²) in [5.74, 6) is 0. The Morgan fingerprint density at radius 3 is 2.30 bits per heavy atom. The molecule has 0 aliphatic heterocycles. The zero-order valence-corrected chi connectivity index (χ0v) is 13.4. The summed E-state index contributed by atoms with van der Waals surface area (Å²) in [5, 5.41) is 8.02.